The maximum absolute atomic E-state index is 2.47. The molecule has 0 atom stereocenters. The van der Waals surface area contributed by atoms with E-state index in [9.17, 15) is 0 Å². The number of rotatable bonds is 8. The monoisotopic (exact) mass is 792 g/mol. The summed E-state index contributed by atoms with van der Waals surface area (Å²) in [7, 11) is -2.95. The second-order valence-corrected chi connectivity index (χ2v) is 30.6. The van der Waals surface area contributed by atoms with Gasteiger partial charge in [0.25, 0.3) is 0 Å². The topological polar surface area (TPSA) is 6.48 Å². The minimum absolute atomic E-state index is 0.0753. The first-order valence-corrected chi connectivity index (χ1v) is 28.0. The fraction of sp³-hybridized carbons (Fsp3) is 0.259. The lowest BCUT2D eigenvalue weighted by molar-refractivity contribution is 0.590. The zero-order chi connectivity index (χ0) is 41.4. The molecule has 4 heteroatoms. The van der Waals surface area contributed by atoms with E-state index in [0.29, 0.717) is 0 Å². The Hall–Kier alpha value is -5.17. The van der Waals surface area contributed by atoms with Gasteiger partial charge in [-0.1, -0.05) is 176 Å². The van der Waals surface area contributed by atoms with Gasteiger partial charge in [-0.15, -0.1) is 0 Å². The Kier molecular flexibility index (Phi) is 9.77. The van der Waals surface area contributed by atoms with Crippen molar-refractivity contribution >= 4 is 93.0 Å². The van der Waals surface area contributed by atoms with E-state index in [4.69, 9.17) is 0 Å². The highest BCUT2D eigenvalue weighted by Crippen LogP contribution is 2.47. The van der Waals surface area contributed by atoms with Crippen molar-refractivity contribution in [1.29, 1.82) is 0 Å². The third-order valence-corrected chi connectivity index (χ3v) is 16.2. The molecular formula is C54H60N2Si2. The molecule has 8 rings (SSSR count). The van der Waals surface area contributed by atoms with Gasteiger partial charge in [0.1, 0.15) is 0 Å². The zero-order valence-corrected chi connectivity index (χ0v) is 38.8. The van der Waals surface area contributed by atoms with Crippen molar-refractivity contribution in [3.05, 3.63) is 157 Å². The van der Waals surface area contributed by atoms with Gasteiger partial charge in [0.2, 0.25) is 0 Å². The molecule has 294 valence electrons. The summed E-state index contributed by atoms with van der Waals surface area (Å²) in [5.41, 5.74) is 9.87. The normalized spacial score (nSPS) is 12.8. The van der Waals surface area contributed by atoms with E-state index in [1.165, 1.54) is 76.6 Å². The predicted molar refractivity (Wildman–Crippen MR) is 263 cm³/mol. The standard InChI is InChI=1S/C54H60N2Si2/c1-53(2,3)39-17-21-41(22-18-39)55(43-25-29-45(30-26-43)57(7,8)9)49-35-15-37-14-34-48-50(36-16-38-13-33-47(49)51(37)52(38)48)56(42-23-19-40(20-24-42)54(4,5)6)44-27-31-46(32-28-44)58(10,11)12/h13-36H,1-12H3. The lowest BCUT2D eigenvalue weighted by atomic mass is 9.87. The van der Waals surface area contributed by atoms with Crippen LogP contribution in [-0.4, -0.2) is 16.1 Å². The molecule has 0 spiro atoms. The van der Waals surface area contributed by atoms with Gasteiger partial charge in [-0.05, 0) is 104 Å². The summed E-state index contributed by atoms with van der Waals surface area (Å²) in [5, 5.41) is 10.6. The fourth-order valence-electron chi connectivity index (χ4n) is 8.46. The number of benzene rings is 8. The highest BCUT2D eigenvalue weighted by Gasteiger charge is 2.25. The molecule has 0 aliphatic carbocycles. The Morgan fingerprint density at radius 1 is 0.328 bits per heavy atom. The number of nitrogens with zero attached hydrogens (tertiary/aromatic N) is 2. The third-order valence-electron chi connectivity index (χ3n) is 12.1. The molecule has 0 saturated heterocycles. The molecule has 0 amide bonds. The minimum Gasteiger partial charge on any atom is -0.310 e. The Labute approximate surface area is 349 Å². The second kappa shape index (κ2) is 14.3. The molecule has 0 heterocycles. The fourth-order valence-corrected chi connectivity index (χ4v) is 10.8. The molecule has 0 aliphatic rings. The molecule has 0 saturated carbocycles. The highest BCUT2D eigenvalue weighted by molar-refractivity contribution is 6.89. The Morgan fingerprint density at radius 3 is 0.879 bits per heavy atom. The van der Waals surface area contributed by atoms with Crippen LogP contribution in [0.4, 0.5) is 34.1 Å². The van der Waals surface area contributed by atoms with E-state index in [1.54, 1.807) is 0 Å². The van der Waals surface area contributed by atoms with Crippen LogP contribution in [0.3, 0.4) is 0 Å². The number of hydrogen-bond acceptors (Lipinski definition) is 2. The highest BCUT2D eigenvalue weighted by atomic mass is 28.3. The number of anilines is 6. The zero-order valence-electron chi connectivity index (χ0n) is 36.8. The largest absolute Gasteiger partial charge is 0.310 e. The summed E-state index contributed by atoms with van der Waals surface area (Å²) >= 11 is 0. The van der Waals surface area contributed by atoms with Crippen molar-refractivity contribution < 1.29 is 0 Å². The maximum Gasteiger partial charge on any atom is 0.0775 e. The van der Waals surface area contributed by atoms with Gasteiger partial charge in [0.15, 0.2) is 0 Å². The van der Waals surface area contributed by atoms with Crippen LogP contribution >= 0.6 is 0 Å². The SMILES string of the molecule is CC(C)(C)c1ccc(N(c2ccc([Si](C)(C)C)cc2)c2ccc3ccc4c(N(c5ccc(C(C)(C)C)cc5)c5ccc([Si](C)(C)C)cc5)ccc5ccc2c3c54)cc1. The van der Waals surface area contributed by atoms with Gasteiger partial charge < -0.3 is 9.80 Å². The summed E-state index contributed by atoms with van der Waals surface area (Å²) in [6, 6.07) is 55.9. The molecule has 0 aliphatic heterocycles. The van der Waals surface area contributed by atoms with Gasteiger partial charge in [0, 0.05) is 33.5 Å². The predicted octanol–water partition coefficient (Wildman–Crippen LogP) is 15.2. The second-order valence-electron chi connectivity index (χ2n) is 20.5. The van der Waals surface area contributed by atoms with E-state index in [1.807, 2.05) is 0 Å². The maximum atomic E-state index is 2.47. The minimum atomic E-state index is -1.47. The Bertz CT molecular complexity index is 2410. The number of hydrogen-bond donors (Lipinski definition) is 0. The molecule has 0 fully saturated rings. The lowest BCUT2D eigenvalue weighted by Crippen LogP contribution is -2.37. The summed E-state index contributed by atoms with van der Waals surface area (Å²) in [6.45, 7) is 28.2. The first-order valence-electron chi connectivity index (χ1n) is 21.0. The van der Waals surface area contributed by atoms with E-state index < -0.39 is 16.1 Å². The van der Waals surface area contributed by atoms with Crippen molar-refractivity contribution in [3.63, 3.8) is 0 Å². The van der Waals surface area contributed by atoms with Crippen LogP contribution in [0.5, 0.6) is 0 Å². The third kappa shape index (κ3) is 7.37. The van der Waals surface area contributed by atoms with Crippen LogP contribution < -0.4 is 20.2 Å². The van der Waals surface area contributed by atoms with E-state index in [-0.39, 0.29) is 10.8 Å². The Morgan fingerprint density at radius 2 is 0.603 bits per heavy atom. The van der Waals surface area contributed by atoms with Gasteiger partial charge in [-0.3, -0.25) is 0 Å². The van der Waals surface area contributed by atoms with Gasteiger partial charge in [-0.2, -0.15) is 0 Å². The average Bonchev–Trinajstić information content (AvgIpc) is 3.17. The summed E-state index contributed by atoms with van der Waals surface area (Å²) < 4.78 is 0. The molecule has 0 aromatic heterocycles. The van der Waals surface area contributed by atoms with Crippen LogP contribution in [0, 0.1) is 0 Å². The van der Waals surface area contributed by atoms with Crippen LogP contribution in [-0.2, 0) is 10.8 Å². The summed E-state index contributed by atoms with van der Waals surface area (Å²) in [4.78, 5) is 4.94. The van der Waals surface area contributed by atoms with Gasteiger partial charge >= 0.3 is 0 Å². The quantitative estimate of drug-likeness (QED) is 0.112. The van der Waals surface area contributed by atoms with E-state index in [2.05, 4.69) is 236 Å². The van der Waals surface area contributed by atoms with Gasteiger partial charge in [-0.25, -0.2) is 0 Å². The van der Waals surface area contributed by atoms with E-state index >= 15 is 0 Å². The molecule has 0 unspecified atom stereocenters. The summed E-state index contributed by atoms with van der Waals surface area (Å²) in [6.07, 6.45) is 0. The molecule has 0 radical (unpaired) electrons. The van der Waals surface area contributed by atoms with Crippen molar-refractivity contribution in [3.8, 4) is 0 Å². The molecule has 0 bridgehead atoms. The van der Waals surface area contributed by atoms with Crippen molar-refractivity contribution in [2.45, 2.75) is 91.7 Å². The van der Waals surface area contributed by atoms with Crippen molar-refractivity contribution in [2.75, 3.05) is 9.80 Å². The van der Waals surface area contributed by atoms with Gasteiger partial charge in [0.05, 0.1) is 27.5 Å². The smallest absolute Gasteiger partial charge is 0.0775 e. The molecule has 2 nitrogen and oxygen atoms in total. The van der Waals surface area contributed by atoms with E-state index in [0.717, 1.165) is 11.4 Å². The molecule has 0 N–H and O–H groups in total. The lowest BCUT2D eigenvalue weighted by Gasteiger charge is -2.30. The molecule has 8 aromatic rings. The van der Waals surface area contributed by atoms with Crippen molar-refractivity contribution in [1.82, 2.24) is 0 Å². The van der Waals surface area contributed by atoms with Crippen LogP contribution in [0.25, 0.3) is 32.3 Å². The first-order chi connectivity index (χ1) is 27.3. The van der Waals surface area contributed by atoms with Crippen molar-refractivity contribution in [2.24, 2.45) is 0 Å². The first kappa shape index (κ1) is 39.7. The Balaban J connectivity index is 1.35. The van der Waals surface area contributed by atoms with Crippen LogP contribution in [0.15, 0.2) is 146 Å². The molecular weight excluding hydrogens is 733 g/mol. The average molecular weight is 793 g/mol. The van der Waals surface area contributed by atoms with Crippen LogP contribution in [0.2, 0.25) is 39.3 Å². The molecule has 8 aromatic carbocycles. The summed E-state index contributed by atoms with van der Waals surface area (Å²) in [5.74, 6) is 0. The van der Waals surface area contributed by atoms with Crippen LogP contribution in [0.1, 0.15) is 52.7 Å². The molecule has 58 heavy (non-hydrogen) atoms.